The third kappa shape index (κ3) is 4.43. The van der Waals surface area contributed by atoms with Gasteiger partial charge in [-0.25, -0.2) is 0 Å². The fourth-order valence-corrected chi connectivity index (χ4v) is 2.59. The van der Waals surface area contributed by atoms with Crippen molar-refractivity contribution >= 4 is 0 Å². The summed E-state index contributed by atoms with van der Waals surface area (Å²) in [5.41, 5.74) is 3.75. The van der Waals surface area contributed by atoms with Gasteiger partial charge in [0.25, 0.3) is 0 Å². The molecule has 0 spiro atoms. The Labute approximate surface area is 127 Å². The third-order valence-electron chi connectivity index (χ3n) is 3.72. The minimum atomic E-state index is 0.270. The lowest BCUT2D eigenvalue weighted by Gasteiger charge is -2.27. The molecule has 0 fully saturated rings. The summed E-state index contributed by atoms with van der Waals surface area (Å²) in [6.07, 6.45) is 1.08. The number of rotatable bonds is 5. The second-order valence-electron chi connectivity index (χ2n) is 6.91. The topological polar surface area (TPSA) is 38.1 Å². The van der Waals surface area contributed by atoms with Crippen molar-refractivity contribution < 1.29 is 4.52 Å². The zero-order chi connectivity index (χ0) is 15.5. The fourth-order valence-electron chi connectivity index (χ4n) is 2.59. The average Bonchev–Trinajstić information content (AvgIpc) is 2.74. The summed E-state index contributed by atoms with van der Waals surface area (Å²) in [4.78, 5) is 0. The van der Waals surface area contributed by atoms with Crippen molar-refractivity contribution in [2.75, 3.05) is 0 Å². The van der Waals surface area contributed by atoms with Gasteiger partial charge in [0, 0.05) is 18.2 Å². The van der Waals surface area contributed by atoms with Crippen LogP contribution in [0.25, 0.3) is 0 Å². The summed E-state index contributed by atoms with van der Waals surface area (Å²) in [5.74, 6) is 0.905. The zero-order valence-electron chi connectivity index (χ0n) is 13.7. The van der Waals surface area contributed by atoms with Gasteiger partial charge in [-0.2, -0.15) is 0 Å². The van der Waals surface area contributed by atoms with Gasteiger partial charge in [-0.1, -0.05) is 56.3 Å². The minimum absolute atomic E-state index is 0.270. The van der Waals surface area contributed by atoms with Crippen LogP contribution < -0.4 is 5.32 Å². The molecule has 1 N–H and O–H groups in total. The second kappa shape index (κ2) is 6.44. The second-order valence-corrected chi connectivity index (χ2v) is 6.91. The molecule has 0 aliphatic carbocycles. The van der Waals surface area contributed by atoms with Crippen molar-refractivity contribution in [3.05, 3.63) is 52.9 Å². The van der Waals surface area contributed by atoms with Crippen LogP contribution in [0.5, 0.6) is 0 Å². The van der Waals surface area contributed by atoms with Gasteiger partial charge in [-0.3, -0.25) is 0 Å². The van der Waals surface area contributed by atoms with E-state index in [1.165, 1.54) is 11.1 Å². The van der Waals surface area contributed by atoms with Gasteiger partial charge >= 0.3 is 0 Å². The molecule has 1 heterocycles. The van der Waals surface area contributed by atoms with Crippen LogP contribution in [0.2, 0.25) is 0 Å². The summed E-state index contributed by atoms with van der Waals surface area (Å²) >= 11 is 0. The van der Waals surface area contributed by atoms with Gasteiger partial charge in [-0.05, 0) is 31.2 Å². The molecule has 1 unspecified atom stereocenters. The average molecular weight is 286 g/mol. The van der Waals surface area contributed by atoms with Gasteiger partial charge in [0.2, 0.25) is 0 Å². The van der Waals surface area contributed by atoms with Crippen LogP contribution >= 0.6 is 0 Å². The maximum absolute atomic E-state index is 5.24. The molecule has 0 bridgehead atoms. The van der Waals surface area contributed by atoms with Crippen LogP contribution in [0, 0.1) is 19.3 Å². The molecular formula is C18H26N2O. The first kappa shape index (κ1) is 15.8. The molecule has 0 saturated heterocycles. The summed E-state index contributed by atoms with van der Waals surface area (Å²) in [6, 6.07) is 11.0. The van der Waals surface area contributed by atoms with E-state index in [0.717, 1.165) is 24.4 Å². The number of nitrogens with one attached hydrogen (secondary N) is 1. The molecule has 0 amide bonds. The molecule has 3 nitrogen and oxygen atoms in total. The number of nitrogens with zero attached hydrogens (tertiary/aromatic N) is 1. The van der Waals surface area contributed by atoms with Crippen molar-refractivity contribution in [1.82, 2.24) is 10.5 Å². The van der Waals surface area contributed by atoms with Gasteiger partial charge < -0.3 is 9.84 Å². The molecule has 114 valence electrons. The van der Waals surface area contributed by atoms with E-state index >= 15 is 0 Å². The summed E-state index contributed by atoms with van der Waals surface area (Å²) < 4.78 is 5.24. The Morgan fingerprint density at radius 3 is 2.33 bits per heavy atom. The van der Waals surface area contributed by atoms with E-state index in [9.17, 15) is 0 Å². The smallest absolute Gasteiger partial charge is 0.138 e. The number of hydrogen-bond donors (Lipinski definition) is 1. The van der Waals surface area contributed by atoms with E-state index in [-0.39, 0.29) is 5.41 Å². The SMILES string of the molecule is Cc1noc(C)c1CNC(CC(C)(C)C)c1ccccc1. The molecule has 0 aliphatic heterocycles. The molecule has 0 radical (unpaired) electrons. The maximum Gasteiger partial charge on any atom is 0.138 e. The van der Waals surface area contributed by atoms with Crippen LogP contribution in [0.1, 0.15) is 55.8 Å². The molecule has 1 aromatic heterocycles. The largest absolute Gasteiger partial charge is 0.361 e. The predicted molar refractivity (Wildman–Crippen MR) is 86.1 cm³/mol. The standard InChI is InChI=1S/C18H26N2O/c1-13-16(14(2)21-20-13)12-19-17(11-18(3,4)5)15-9-7-6-8-10-15/h6-10,17,19H,11-12H2,1-5H3. The number of aromatic nitrogens is 1. The Hall–Kier alpha value is -1.61. The van der Waals surface area contributed by atoms with Gasteiger partial charge in [0.1, 0.15) is 5.76 Å². The fraction of sp³-hybridized carbons (Fsp3) is 0.500. The van der Waals surface area contributed by atoms with Crippen LogP contribution in [0.4, 0.5) is 0 Å². The van der Waals surface area contributed by atoms with Crippen molar-refractivity contribution in [2.45, 2.75) is 53.6 Å². The molecular weight excluding hydrogens is 260 g/mol. The van der Waals surface area contributed by atoms with E-state index in [1.54, 1.807) is 0 Å². The van der Waals surface area contributed by atoms with Crippen molar-refractivity contribution in [2.24, 2.45) is 5.41 Å². The maximum atomic E-state index is 5.24. The summed E-state index contributed by atoms with van der Waals surface area (Å²) in [7, 11) is 0. The Bertz CT molecular complexity index is 547. The van der Waals surface area contributed by atoms with Crippen molar-refractivity contribution in [3.63, 3.8) is 0 Å². The minimum Gasteiger partial charge on any atom is -0.361 e. The van der Waals surface area contributed by atoms with E-state index in [0.29, 0.717) is 6.04 Å². The molecule has 0 aliphatic rings. The lowest BCUT2D eigenvalue weighted by Crippen LogP contribution is -2.25. The predicted octanol–water partition coefficient (Wildman–Crippen LogP) is 4.56. The first-order valence-electron chi connectivity index (χ1n) is 7.57. The quantitative estimate of drug-likeness (QED) is 0.875. The molecule has 2 aromatic rings. The highest BCUT2D eigenvalue weighted by Crippen LogP contribution is 2.29. The van der Waals surface area contributed by atoms with Crippen molar-refractivity contribution in [1.29, 1.82) is 0 Å². The Morgan fingerprint density at radius 2 is 1.81 bits per heavy atom. The highest BCUT2D eigenvalue weighted by molar-refractivity contribution is 5.23. The lowest BCUT2D eigenvalue weighted by molar-refractivity contribution is 0.309. The van der Waals surface area contributed by atoms with E-state index in [1.807, 2.05) is 13.8 Å². The summed E-state index contributed by atoms with van der Waals surface area (Å²) in [5, 5.41) is 7.70. The van der Waals surface area contributed by atoms with Gasteiger partial charge in [0.15, 0.2) is 0 Å². The van der Waals surface area contributed by atoms with Crippen molar-refractivity contribution in [3.8, 4) is 0 Å². The Kier molecular flexibility index (Phi) is 4.84. The molecule has 2 rings (SSSR count). The molecule has 21 heavy (non-hydrogen) atoms. The Morgan fingerprint density at radius 1 is 1.14 bits per heavy atom. The highest BCUT2D eigenvalue weighted by atomic mass is 16.5. The van der Waals surface area contributed by atoms with Crippen LogP contribution in [0.15, 0.2) is 34.9 Å². The van der Waals surface area contributed by atoms with E-state index < -0.39 is 0 Å². The van der Waals surface area contributed by atoms with Gasteiger partial charge in [-0.15, -0.1) is 0 Å². The lowest BCUT2D eigenvalue weighted by atomic mass is 9.85. The number of aryl methyl sites for hydroxylation is 2. The normalized spacial score (nSPS) is 13.4. The number of benzene rings is 1. The van der Waals surface area contributed by atoms with E-state index in [4.69, 9.17) is 4.52 Å². The molecule has 0 saturated carbocycles. The van der Waals surface area contributed by atoms with Gasteiger partial charge in [0.05, 0.1) is 5.69 Å². The van der Waals surface area contributed by atoms with Crippen LogP contribution in [-0.2, 0) is 6.54 Å². The summed E-state index contributed by atoms with van der Waals surface area (Å²) in [6.45, 7) is 11.6. The first-order chi connectivity index (χ1) is 9.87. The number of hydrogen-bond acceptors (Lipinski definition) is 3. The molecule has 1 aromatic carbocycles. The van der Waals surface area contributed by atoms with Crippen LogP contribution in [0.3, 0.4) is 0 Å². The Balaban J connectivity index is 2.13. The zero-order valence-corrected chi connectivity index (χ0v) is 13.7. The third-order valence-corrected chi connectivity index (χ3v) is 3.72. The monoisotopic (exact) mass is 286 g/mol. The first-order valence-corrected chi connectivity index (χ1v) is 7.57. The highest BCUT2D eigenvalue weighted by Gasteiger charge is 2.20. The van der Waals surface area contributed by atoms with Crippen LogP contribution in [-0.4, -0.2) is 5.16 Å². The molecule has 1 atom stereocenters. The molecule has 3 heteroatoms. The van der Waals surface area contributed by atoms with E-state index in [2.05, 4.69) is 61.6 Å².